The lowest BCUT2D eigenvalue weighted by Crippen LogP contribution is -2.34. The Morgan fingerprint density at radius 3 is 2.96 bits per heavy atom. The van der Waals surface area contributed by atoms with Crippen LogP contribution in [0.4, 0.5) is 10.1 Å². The number of nitrogens with zero attached hydrogens (tertiary/aromatic N) is 2. The van der Waals surface area contributed by atoms with E-state index < -0.39 is 0 Å². The summed E-state index contributed by atoms with van der Waals surface area (Å²) >= 11 is 0. The molecule has 1 atom stereocenters. The summed E-state index contributed by atoms with van der Waals surface area (Å²) in [4.78, 5) is 2.18. The van der Waals surface area contributed by atoms with E-state index in [4.69, 9.17) is 9.26 Å². The average Bonchev–Trinajstić information content (AvgIpc) is 3.04. The lowest BCUT2D eigenvalue weighted by atomic mass is 9.96. The summed E-state index contributed by atoms with van der Waals surface area (Å²) in [5.74, 6) is 0.543. The molecule has 3 aromatic rings. The Bertz CT molecular complexity index is 909. The van der Waals surface area contributed by atoms with Crippen molar-refractivity contribution < 1.29 is 18.8 Å². The summed E-state index contributed by atoms with van der Waals surface area (Å²) in [6.45, 7) is 0.819. The second-order valence-electron chi connectivity index (χ2n) is 6.27. The number of piperidine rings is 1. The number of ether oxygens (including phenoxy) is 1. The van der Waals surface area contributed by atoms with Crippen LogP contribution in [-0.2, 0) is 0 Å². The highest BCUT2D eigenvalue weighted by atomic mass is 19.1. The molecule has 0 spiro atoms. The normalized spacial score (nSPS) is 17.8. The average molecular weight is 342 g/mol. The van der Waals surface area contributed by atoms with Gasteiger partial charge in [-0.25, -0.2) is 4.39 Å². The van der Waals surface area contributed by atoms with Crippen molar-refractivity contribution in [3.8, 4) is 11.5 Å². The summed E-state index contributed by atoms with van der Waals surface area (Å²) in [6, 6.07) is 9.54. The predicted octanol–water partition coefficient (Wildman–Crippen LogP) is 4.41. The highest BCUT2D eigenvalue weighted by molar-refractivity contribution is 5.80. The van der Waals surface area contributed by atoms with Crippen LogP contribution in [-0.4, -0.2) is 23.9 Å². The summed E-state index contributed by atoms with van der Waals surface area (Å²) in [5.41, 5.74) is 2.06. The molecule has 1 unspecified atom stereocenters. The second kappa shape index (κ2) is 6.27. The number of rotatable bonds is 3. The van der Waals surface area contributed by atoms with Gasteiger partial charge in [0.2, 0.25) is 0 Å². The number of hydrogen-bond acceptors (Lipinski definition) is 5. The number of aromatic nitrogens is 1. The Kier molecular flexibility index (Phi) is 3.95. The molecule has 0 amide bonds. The monoisotopic (exact) mass is 342 g/mol. The van der Waals surface area contributed by atoms with E-state index in [0.29, 0.717) is 11.3 Å². The highest BCUT2D eigenvalue weighted by Crippen LogP contribution is 2.42. The predicted molar refractivity (Wildman–Crippen MR) is 92.6 cm³/mol. The van der Waals surface area contributed by atoms with Crippen LogP contribution in [0, 0.1) is 5.82 Å². The Hall–Kier alpha value is -2.76. The third kappa shape index (κ3) is 2.77. The first-order valence-electron chi connectivity index (χ1n) is 8.36. The van der Waals surface area contributed by atoms with Crippen LogP contribution < -0.4 is 9.64 Å². The van der Waals surface area contributed by atoms with Crippen molar-refractivity contribution in [2.24, 2.45) is 0 Å². The number of halogens is 1. The fourth-order valence-corrected chi connectivity index (χ4v) is 3.58. The van der Waals surface area contributed by atoms with Crippen molar-refractivity contribution >= 4 is 16.7 Å². The van der Waals surface area contributed by atoms with E-state index in [-0.39, 0.29) is 17.6 Å². The Balaban J connectivity index is 1.80. The molecule has 1 aromatic heterocycles. The lowest BCUT2D eigenvalue weighted by molar-refractivity contribution is 0.391. The van der Waals surface area contributed by atoms with E-state index in [1.165, 1.54) is 12.1 Å². The zero-order valence-corrected chi connectivity index (χ0v) is 13.9. The third-order valence-electron chi connectivity index (χ3n) is 4.75. The number of phenolic OH excluding ortho intramolecular Hbond substituents is 1. The van der Waals surface area contributed by atoms with Gasteiger partial charge in [-0.2, -0.15) is 0 Å². The van der Waals surface area contributed by atoms with Crippen molar-refractivity contribution in [3.05, 3.63) is 47.9 Å². The first-order valence-corrected chi connectivity index (χ1v) is 8.36. The molecule has 0 radical (unpaired) electrons. The number of aromatic hydroxyl groups is 1. The molecule has 6 heteroatoms. The molecule has 0 saturated carbocycles. The highest BCUT2D eigenvalue weighted by Gasteiger charge is 2.30. The zero-order valence-electron chi connectivity index (χ0n) is 13.9. The largest absolute Gasteiger partial charge is 0.508 e. The van der Waals surface area contributed by atoms with Gasteiger partial charge in [0.1, 0.15) is 23.0 Å². The Morgan fingerprint density at radius 1 is 1.24 bits per heavy atom. The number of fused-ring (bicyclic) bond motifs is 1. The molecular formula is C19H19FN2O3. The van der Waals surface area contributed by atoms with Crippen molar-refractivity contribution in [2.75, 3.05) is 18.6 Å². The van der Waals surface area contributed by atoms with Gasteiger partial charge in [0, 0.05) is 24.1 Å². The van der Waals surface area contributed by atoms with E-state index in [9.17, 15) is 9.50 Å². The molecule has 2 aromatic carbocycles. The third-order valence-corrected chi connectivity index (χ3v) is 4.75. The fraction of sp³-hybridized carbons (Fsp3) is 0.316. The molecule has 2 heterocycles. The van der Waals surface area contributed by atoms with Crippen molar-refractivity contribution in [2.45, 2.75) is 25.3 Å². The topological polar surface area (TPSA) is 58.7 Å². The van der Waals surface area contributed by atoms with Crippen LogP contribution in [0.1, 0.15) is 31.0 Å². The van der Waals surface area contributed by atoms with Crippen LogP contribution in [0.5, 0.6) is 11.5 Å². The van der Waals surface area contributed by atoms with Gasteiger partial charge in [0.25, 0.3) is 0 Å². The maximum absolute atomic E-state index is 13.4. The van der Waals surface area contributed by atoms with Crippen molar-refractivity contribution in [1.82, 2.24) is 5.16 Å². The maximum Gasteiger partial charge on any atom is 0.170 e. The second-order valence-corrected chi connectivity index (χ2v) is 6.27. The zero-order chi connectivity index (χ0) is 17.4. The van der Waals surface area contributed by atoms with Crippen LogP contribution in [0.3, 0.4) is 0 Å². The molecule has 1 N–H and O–H groups in total. The van der Waals surface area contributed by atoms with Crippen LogP contribution >= 0.6 is 0 Å². The van der Waals surface area contributed by atoms with Gasteiger partial charge in [-0.15, -0.1) is 0 Å². The molecule has 5 nitrogen and oxygen atoms in total. The Morgan fingerprint density at radius 2 is 2.12 bits per heavy atom. The molecule has 1 aliphatic heterocycles. The van der Waals surface area contributed by atoms with Gasteiger partial charge in [0.15, 0.2) is 5.58 Å². The maximum atomic E-state index is 13.4. The number of phenols is 1. The molecule has 0 aliphatic carbocycles. The van der Waals surface area contributed by atoms with E-state index in [1.807, 2.05) is 0 Å². The lowest BCUT2D eigenvalue weighted by Gasteiger charge is -2.37. The molecule has 25 heavy (non-hydrogen) atoms. The fourth-order valence-electron chi connectivity index (χ4n) is 3.58. The van der Waals surface area contributed by atoms with Gasteiger partial charge < -0.3 is 19.3 Å². The first kappa shape index (κ1) is 15.7. The molecule has 130 valence electrons. The van der Waals surface area contributed by atoms with Gasteiger partial charge in [-0.05, 0) is 43.5 Å². The van der Waals surface area contributed by atoms with E-state index in [2.05, 4.69) is 10.1 Å². The molecular weight excluding hydrogens is 323 g/mol. The van der Waals surface area contributed by atoms with Crippen LogP contribution in [0.25, 0.3) is 11.0 Å². The molecule has 1 aliphatic rings. The number of anilines is 1. The van der Waals surface area contributed by atoms with E-state index >= 15 is 0 Å². The first-order chi connectivity index (χ1) is 12.2. The summed E-state index contributed by atoms with van der Waals surface area (Å²) in [7, 11) is 1.61. The molecule has 0 bridgehead atoms. The molecule has 1 saturated heterocycles. The van der Waals surface area contributed by atoms with Crippen LogP contribution in [0.2, 0.25) is 0 Å². The molecule has 4 rings (SSSR count). The Labute approximate surface area is 144 Å². The summed E-state index contributed by atoms with van der Waals surface area (Å²) in [6.07, 6.45) is 3.01. The number of hydrogen-bond donors (Lipinski definition) is 1. The van der Waals surface area contributed by atoms with Gasteiger partial charge >= 0.3 is 0 Å². The minimum Gasteiger partial charge on any atom is -0.508 e. The summed E-state index contributed by atoms with van der Waals surface area (Å²) < 4.78 is 24.3. The smallest absolute Gasteiger partial charge is 0.170 e. The van der Waals surface area contributed by atoms with E-state index in [1.54, 1.807) is 31.4 Å². The minimum atomic E-state index is -0.342. The van der Waals surface area contributed by atoms with Crippen molar-refractivity contribution in [3.63, 3.8) is 0 Å². The minimum absolute atomic E-state index is 0.0174. The van der Waals surface area contributed by atoms with Gasteiger partial charge in [-0.1, -0.05) is 5.16 Å². The summed E-state index contributed by atoms with van der Waals surface area (Å²) in [5, 5.41) is 15.0. The SMILES string of the molecule is COc1ccc(O)cc1N1CCCCC1c1noc2cc(F)ccc12. The van der Waals surface area contributed by atoms with Gasteiger partial charge in [0.05, 0.1) is 18.8 Å². The van der Waals surface area contributed by atoms with Crippen LogP contribution in [0.15, 0.2) is 40.9 Å². The molecule has 1 fully saturated rings. The van der Waals surface area contributed by atoms with E-state index in [0.717, 1.165) is 42.6 Å². The standard InChI is InChI=1S/C19H19FN2O3/c1-24-17-8-6-13(23)11-16(17)22-9-3-2-4-15(22)19-14-7-5-12(20)10-18(14)25-21-19/h5-8,10-11,15,23H,2-4,9H2,1H3. The van der Waals surface area contributed by atoms with Gasteiger partial charge in [-0.3, -0.25) is 0 Å². The number of benzene rings is 2. The quantitative estimate of drug-likeness (QED) is 0.764. The number of methoxy groups -OCH3 is 1. The van der Waals surface area contributed by atoms with Crippen molar-refractivity contribution in [1.29, 1.82) is 0 Å².